The fraction of sp³-hybridized carbons (Fsp3) is 0.278. The fourth-order valence-corrected chi connectivity index (χ4v) is 2.40. The number of amides is 1. The second-order valence-electron chi connectivity index (χ2n) is 6.00. The van der Waals surface area contributed by atoms with Crippen molar-refractivity contribution >= 4 is 23.0 Å². The lowest BCUT2D eigenvalue weighted by Crippen LogP contribution is -2.38. The van der Waals surface area contributed by atoms with Gasteiger partial charge >= 0.3 is 0 Å². The Balaban J connectivity index is 2.33. The molecule has 1 atom stereocenters. The van der Waals surface area contributed by atoms with Gasteiger partial charge in [-0.05, 0) is 25.5 Å². The van der Waals surface area contributed by atoms with Crippen LogP contribution in [0.5, 0.6) is 5.75 Å². The third-order valence-electron chi connectivity index (χ3n) is 3.75. The van der Waals surface area contributed by atoms with E-state index < -0.39 is 10.9 Å². The highest BCUT2D eigenvalue weighted by molar-refractivity contribution is 5.99. The second kappa shape index (κ2) is 7.21. The van der Waals surface area contributed by atoms with Crippen LogP contribution in [0.25, 0.3) is 0 Å². The number of benzene rings is 1. The van der Waals surface area contributed by atoms with Crippen LogP contribution in [-0.4, -0.2) is 36.1 Å². The summed E-state index contributed by atoms with van der Waals surface area (Å²) < 4.78 is 0. The molecule has 0 spiro atoms. The molecular weight excluding hydrogens is 322 g/mol. The summed E-state index contributed by atoms with van der Waals surface area (Å²) in [5.74, 6) is -0.650. The van der Waals surface area contributed by atoms with Crippen LogP contribution in [0, 0.1) is 0 Å². The van der Waals surface area contributed by atoms with Crippen LogP contribution in [-0.2, 0) is 0 Å². The van der Waals surface area contributed by atoms with E-state index in [2.05, 4.69) is 17.2 Å². The van der Waals surface area contributed by atoms with Crippen molar-refractivity contribution in [3.8, 4) is 5.75 Å². The minimum Gasteiger partial charge on any atom is -0.505 e. The molecule has 1 unspecified atom stereocenters. The lowest BCUT2D eigenvalue weighted by atomic mass is 10.1. The molecule has 0 radical (unpaired) electrons. The maximum atomic E-state index is 12.1. The molecule has 0 aromatic heterocycles. The molecule has 132 valence electrons. The first-order valence-electron chi connectivity index (χ1n) is 7.79. The van der Waals surface area contributed by atoms with E-state index in [0.29, 0.717) is 6.42 Å². The molecule has 2 rings (SSSR count). The van der Waals surface area contributed by atoms with E-state index in [9.17, 15) is 19.5 Å². The molecule has 1 amide bonds. The van der Waals surface area contributed by atoms with E-state index in [0.717, 1.165) is 0 Å². The first-order valence-corrected chi connectivity index (χ1v) is 7.79. The number of anilines is 3. The Morgan fingerprint density at radius 2 is 1.92 bits per heavy atom. The Morgan fingerprint density at radius 3 is 2.52 bits per heavy atom. The van der Waals surface area contributed by atoms with Crippen molar-refractivity contribution < 1.29 is 9.90 Å². The first-order chi connectivity index (χ1) is 11.8. The second-order valence-corrected chi connectivity index (χ2v) is 6.00. The number of para-hydroxylation sites is 1. The van der Waals surface area contributed by atoms with Gasteiger partial charge < -0.3 is 20.6 Å². The summed E-state index contributed by atoms with van der Waals surface area (Å²) in [5.41, 5.74) is -0.758. The SMILES string of the molecule is C=CCC(C)Nc1c(Nc2cccc(C(=O)N(C)C)c2O)c(=O)c1=O. The lowest BCUT2D eigenvalue weighted by molar-refractivity contribution is 0.0824. The summed E-state index contributed by atoms with van der Waals surface area (Å²) in [6.45, 7) is 5.49. The van der Waals surface area contributed by atoms with E-state index >= 15 is 0 Å². The highest BCUT2D eigenvalue weighted by Gasteiger charge is 2.24. The molecule has 25 heavy (non-hydrogen) atoms. The predicted octanol–water partition coefficient (Wildman–Crippen LogP) is 1.81. The fourth-order valence-electron chi connectivity index (χ4n) is 2.40. The number of carbonyl (C=O) groups is 1. The summed E-state index contributed by atoms with van der Waals surface area (Å²) in [6.07, 6.45) is 2.33. The molecule has 7 heteroatoms. The molecule has 0 heterocycles. The number of hydrogen-bond donors (Lipinski definition) is 3. The molecule has 0 aliphatic heterocycles. The van der Waals surface area contributed by atoms with Gasteiger partial charge in [0.1, 0.15) is 11.4 Å². The molecule has 2 aromatic rings. The first kappa shape index (κ1) is 18.3. The molecule has 0 aliphatic rings. The lowest BCUT2D eigenvalue weighted by Gasteiger charge is -2.20. The van der Waals surface area contributed by atoms with E-state index in [-0.39, 0.29) is 40.3 Å². The Bertz CT molecular complexity index is 879. The monoisotopic (exact) mass is 343 g/mol. The maximum absolute atomic E-state index is 12.1. The summed E-state index contributed by atoms with van der Waals surface area (Å²) in [4.78, 5) is 37.1. The molecule has 3 N–H and O–H groups in total. The molecule has 7 nitrogen and oxygen atoms in total. The van der Waals surface area contributed by atoms with Gasteiger partial charge in [-0.15, -0.1) is 6.58 Å². The van der Waals surface area contributed by atoms with Crippen molar-refractivity contribution in [1.29, 1.82) is 0 Å². The number of carbonyl (C=O) groups excluding carboxylic acids is 1. The van der Waals surface area contributed by atoms with Crippen molar-refractivity contribution in [3.63, 3.8) is 0 Å². The Kier molecular flexibility index (Phi) is 5.26. The average molecular weight is 343 g/mol. The molecule has 2 aromatic carbocycles. The summed E-state index contributed by atoms with van der Waals surface area (Å²) in [5, 5.41) is 16.0. The largest absolute Gasteiger partial charge is 0.505 e. The normalized spacial score (nSPS) is 11.8. The molecule has 0 saturated heterocycles. The Morgan fingerprint density at radius 1 is 1.28 bits per heavy atom. The van der Waals surface area contributed by atoms with Crippen molar-refractivity contribution in [2.45, 2.75) is 19.4 Å². The van der Waals surface area contributed by atoms with Gasteiger partial charge in [0.05, 0.1) is 11.3 Å². The highest BCUT2D eigenvalue weighted by Crippen LogP contribution is 2.32. The minimum absolute atomic E-state index is 0.0726. The zero-order valence-corrected chi connectivity index (χ0v) is 14.4. The van der Waals surface area contributed by atoms with Crippen LogP contribution in [0.1, 0.15) is 23.7 Å². The predicted molar refractivity (Wildman–Crippen MR) is 98.7 cm³/mol. The number of phenols is 1. The molecule has 0 aliphatic carbocycles. The number of phenolic OH excluding ortho intramolecular Hbond substituents is 1. The van der Waals surface area contributed by atoms with Crippen LogP contribution >= 0.6 is 0 Å². The minimum atomic E-state index is -0.669. The van der Waals surface area contributed by atoms with Crippen molar-refractivity contribution in [1.82, 2.24) is 4.90 Å². The van der Waals surface area contributed by atoms with E-state index in [1.54, 1.807) is 26.2 Å². The van der Waals surface area contributed by atoms with Gasteiger partial charge in [0, 0.05) is 20.1 Å². The van der Waals surface area contributed by atoms with Gasteiger partial charge in [0.15, 0.2) is 5.75 Å². The van der Waals surface area contributed by atoms with Crippen molar-refractivity contribution in [2.24, 2.45) is 0 Å². The zero-order valence-electron chi connectivity index (χ0n) is 14.4. The van der Waals surface area contributed by atoms with Gasteiger partial charge in [-0.2, -0.15) is 0 Å². The van der Waals surface area contributed by atoms with Crippen LogP contribution in [0.2, 0.25) is 0 Å². The van der Waals surface area contributed by atoms with Crippen LogP contribution < -0.4 is 21.5 Å². The quantitative estimate of drug-likeness (QED) is 0.403. The van der Waals surface area contributed by atoms with Gasteiger partial charge in [0.25, 0.3) is 16.8 Å². The number of hydrogen-bond acceptors (Lipinski definition) is 6. The summed E-state index contributed by atoms with van der Waals surface area (Å²) >= 11 is 0. The standard InChI is InChI=1S/C18H21N3O4/c1-5-7-10(2)19-13-14(17(24)16(13)23)20-12-9-6-8-11(15(12)22)18(25)21(3)4/h5-6,8-10,19-20,22H,1,7H2,2-4H3. The number of rotatable bonds is 7. The molecule has 0 fully saturated rings. The van der Waals surface area contributed by atoms with E-state index in [1.807, 2.05) is 6.92 Å². The van der Waals surface area contributed by atoms with Gasteiger partial charge in [0.2, 0.25) is 0 Å². The van der Waals surface area contributed by atoms with Crippen molar-refractivity contribution in [3.05, 3.63) is 56.9 Å². The van der Waals surface area contributed by atoms with Crippen LogP contribution in [0.3, 0.4) is 0 Å². The number of nitrogens with zero attached hydrogens (tertiary/aromatic N) is 1. The van der Waals surface area contributed by atoms with Gasteiger partial charge in [-0.25, -0.2) is 0 Å². The zero-order chi connectivity index (χ0) is 18.7. The van der Waals surface area contributed by atoms with Gasteiger partial charge in [-0.1, -0.05) is 12.1 Å². The Labute approximate surface area is 145 Å². The Hall–Kier alpha value is -3.09. The molecule has 0 saturated carbocycles. The molecular formula is C18H21N3O4. The smallest absolute Gasteiger partial charge is 0.257 e. The number of aromatic hydroxyl groups is 1. The van der Waals surface area contributed by atoms with Crippen LogP contribution in [0.4, 0.5) is 17.1 Å². The third kappa shape index (κ3) is 3.55. The number of nitrogens with one attached hydrogen (secondary N) is 2. The maximum Gasteiger partial charge on any atom is 0.257 e. The third-order valence-corrected chi connectivity index (χ3v) is 3.75. The summed E-state index contributed by atoms with van der Waals surface area (Å²) in [7, 11) is 3.14. The molecule has 0 bridgehead atoms. The van der Waals surface area contributed by atoms with E-state index in [4.69, 9.17) is 0 Å². The topological polar surface area (TPSA) is 98.7 Å². The van der Waals surface area contributed by atoms with Crippen molar-refractivity contribution in [2.75, 3.05) is 24.7 Å². The van der Waals surface area contributed by atoms with Gasteiger partial charge in [-0.3, -0.25) is 14.4 Å². The van der Waals surface area contributed by atoms with E-state index in [1.165, 1.54) is 17.0 Å². The highest BCUT2D eigenvalue weighted by atomic mass is 16.3. The average Bonchev–Trinajstić information content (AvgIpc) is 2.58. The summed E-state index contributed by atoms with van der Waals surface area (Å²) in [6, 6.07) is 4.51. The van der Waals surface area contributed by atoms with Crippen LogP contribution in [0.15, 0.2) is 40.4 Å².